The van der Waals surface area contributed by atoms with Crippen molar-refractivity contribution in [3.05, 3.63) is 29.8 Å². The summed E-state index contributed by atoms with van der Waals surface area (Å²) in [4.78, 5) is 33.2. The number of benzene rings is 1. The summed E-state index contributed by atoms with van der Waals surface area (Å²) in [7, 11) is 5.61. The molecule has 7 heteroatoms. The molecule has 27 heavy (non-hydrogen) atoms. The highest BCUT2D eigenvalue weighted by atomic mass is 16.5. The quantitative estimate of drug-likeness (QED) is 0.738. The summed E-state index contributed by atoms with van der Waals surface area (Å²) < 4.78 is 6.02. The number of carbonyl (C=O) groups excluding carboxylic acids is 2. The lowest BCUT2D eigenvalue weighted by atomic mass is 9.80. The predicted octanol–water partition coefficient (Wildman–Crippen LogP) is 0.989. The fourth-order valence-electron chi connectivity index (χ4n) is 4.46. The van der Waals surface area contributed by atoms with Crippen molar-refractivity contribution in [1.82, 2.24) is 14.7 Å². The molecule has 0 radical (unpaired) electrons. The Morgan fingerprint density at radius 1 is 1.15 bits per heavy atom. The van der Waals surface area contributed by atoms with Crippen LogP contribution < -0.4 is 4.90 Å². The van der Waals surface area contributed by atoms with Crippen molar-refractivity contribution < 1.29 is 14.3 Å². The first-order chi connectivity index (χ1) is 12.9. The number of likely N-dealkylation sites (N-methyl/N-ethyl adjacent to an activating group) is 1. The van der Waals surface area contributed by atoms with E-state index in [1.807, 2.05) is 28.0 Å². The molecule has 4 rings (SSSR count). The van der Waals surface area contributed by atoms with Crippen molar-refractivity contribution in [1.29, 1.82) is 0 Å². The second-order valence-corrected chi connectivity index (χ2v) is 8.19. The van der Waals surface area contributed by atoms with Crippen LogP contribution >= 0.6 is 0 Å². The zero-order valence-electron chi connectivity index (χ0n) is 16.4. The van der Waals surface area contributed by atoms with Crippen molar-refractivity contribution in [3.63, 3.8) is 0 Å². The van der Waals surface area contributed by atoms with E-state index >= 15 is 0 Å². The molecule has 7 nitrogen and oxygen atoms in total. The number of urea groups is 1. The van der Waals surface area contributed by atoms with Crippen LogP contribution in [0.5, 0.6) is 0 Å². The van der Waals surface area contributed by atoms with E-state index in [2.05, 4.69) is 18.0 Å². The molecule has 3 aliphatic rings. The molecule has 0 N–H and O–H groups in total. The van der Waals surface area contributed by atoms with E-state index in [0.717, 1.165) is 37.4 Å². The molecule has 0 unspecified atom stereocenters. The number of hydrogen-bond acceptors (Lipinski definition) is 4. The van der Waals surface area contributed by atoms with Gasteiger partial charge in [0.2, 0.25) is 0 Å². The van der Waals surface area contributed by atoms with E-state index in [-0.39, 0.29) is 17.4 Å². The first-order valence-corrected chi connectivity index (χ1v) is 9.58. The minimum Gasteiger partial charge on any atom is -0.367 e. The molecule has 3 amide bonds. The number of fused-ring (bicyclic) bond motifs is 2. The zero-order chi connectivity index (χ0) is 19.2. The smallest absolute Gasteiger partial charge is 0.323 e. The summed E-state index contributed by atoms with van der Waals surface area (Å²) in [5.74, 6) is 0.0924. The molecule has 1 aromatic rings. The van der Waals surface area contributed by atoms with Crippen LogP contribution in [0.15, 0.2) is 24.3 Å². The number of para-hydroxylation sites is 1. The summed E-state index contributed by atoms with van der Waals surface area (Å²) >= 11 is 0. The van der Waals surface area contributed by atoms with Gasteiger partial charge in [0.15, 0.2) is 0 Å². The van der Waals surface area contributed by atoms with Gasteiger partial charge in [-0.25, -0.2) is 4.79 Å². The highest BCUT2D eigenvalue weighted by Crippen LogP contribution is 2.47. The molecule has 2 fully saturated rings. The lowest BCUT2D eigenvalue weighted by molar-refractivity contribution is -0.142. The number of ether oxygens (including phenoxy) is 1. The molecule has 1 aromatic carbocycles. The molecule has 146 valence electrons. The van der Waals surface area contributed by atoms with Gasteiger partial charge in [0.05, 0.1) is 6.61 Å². The van der Waals surface area contributed by atoms with Crippen molar-refractivity contribution in [2.75, 3.05) is 65.4 Å². The number of piperazine rings is 1. The monoisotopic (exact) mass is 372 g/mol. The van der Waals surface area contributed by atoms with Crippen LogP contribution in [0.1, 0.15) is 12.0 Å². The maximum absolute atomic E-state index is 13.0. The Hall–Kier alpha value is -2.12. The minimum atomic E-state index is -0.420. The third kappa shape index (κ3) is 3.08. The van der Waals surface area contributed by atoms with Crippen LogP contribution in [0.2, 0.25) is 0 Å². The Kier molecular flexibility index (Phi) is 4.60. The van der Waals surface area contributed by atoms with E-state index in [0.29, 0.717) is 19.6 Å². The van der Waals surface area contributed by atoms with Crippen LogP contribution in [0.4, 0.5) is 10.5 Å². The fraction of sp³-hybridized carbons (Fsp3) is 0.600. The maximum Gasteiger partial charge on any atom is 0.323 e. The standard InChI is InChI=1S/C20H28N4O3/c1-21(2)19(26)24-13-20(15-6-4-5-7-16(15)24)12-17(27-14-20)18(25)23-10-8-22(3)9-11-23/h4-7,17H,8-14H2,1-3H3/t17-,20-/m0/s1. The fourth-order valence-corrected chi connectivity index (χ4v) is 4.46. The third-order valence-corrected chi connectivity index (χ3v) is 6.07. The zero-order valence-corrected chi connectivity index (χ0v) is 16.4. The van der Waals surface area contributed by atoms with E-state index in [1.54, 1.807) is 19.0 Å². The molecular formula is C20H28N4O3. The van der Waals surface area contributed by atoms with E-state index in [4.69, 9.17) is 4.74 Å². The maximum atomic E-state index is 13.0. The van der Waals surface area contributed by atoms with Gasteiger partial charge in [-0.2, -0.15) is 0 Å². The third-order valence-electron chi connectivity index (χ3n) is 6.07. The Balaban J connectivity index is 1.54. The lowest BCUT2D eigenvalue weighted by Gasteiger charge is -2.33. The van der Waals surface area contributed by atoms with Crippen molar-refractivity contribution in [3.8, 4) is 0 Å². The van der Waals surface area contributed by atoms with Crippen LogP contribution in [-0.2, 0) is 14.9 Å². The second-order valence-electron chi connectivity index (χ2n) is 8.19. The van der Waals surface area contributed by atoms with Gasteiger partial charge in [-0.1, -0.05) is 18.2 Å². The number of carbonyl (C=O) groups is 2. The normalized spacial score (nSPS) is 27.9. The van der Waals surface area contributed by atoms with Gasteiger partial charge in [-0.05, 0) is 25.1 Å². The summed E-state index contributed by atoms with van der Waals surface area (Å²) in [5, 5.41) is 0. The molecule has 0 bridgehead atoms. The topological polar surface area (TPSA) is 56.3 Å². The van der Waals surface area contributed by atoms with Gasteiger partial charge >= 0.3 is 6.03 Å². The van der Waals surface area contributed by atoms with E-state index < -0.39 is 6.10 Å². The molecule has 3 heterocycles. The largest absolute Gasteiger partial charge is 0.367 e. The highest BCUT2D eigenvalue weighted by molar-refractivity contribution is 5.95. The number of hydrogen-bond donors (Lipinski definition) is 0. The van der Waals surface area contributed by atoms with Gasteiger partial charge < -0.3 is 19.4 Å². The minimum absolute atomic E-state index is 0.0341. The Labute approximate surface area is 160 Å². The SMILES string of the molecule is CN1CCN(C(=O)[C@@H]2C[C@@]3(CO2)CN(C(=O)N(C)C)c2ccccc23)CC1. The number of amides is 3. The Morgan fingerprint density at radius 3 is 2.56 bits per heavy atom. The van der Waals surface area contributed by atoms with Gasteiger partial charge in [-0.3, -0.25) is 9.69 Å². The number of anilines is 1. The average Bonchev–Trinajstić information content (AvgIpc) is 3.24. The summed E-state index contributed by atoms with van der Waals surface area (Å²) in [6.07, 6.45) is 0.211. The van der Waals surface area contributed by atoms with E-state index in [1.165, 1.54) is 0 Å². The Morgan fingerprint density at radius 2 is 1.85 bits per heavy atom. The van der Waals surface area contributed by atoms with Crippen LogP contribution in [-0.4, -0.2) is 93.2 Å². The van der Waals surface area contributed by atoms with Gasteiger partial charge in [-0.15, -0.1) is 0 Å². The molecule has 2 saturated heterocycles. The first kappa shape index (κ1) is 18.3. The molecule has 0 aromatic heterocycles. The summed E-state index contributed by atoms with van der Waals surface area (Å²) in [6, 6.07) is 7.98. The van der Waals surface area contributed by atoms with Gasteiger partial charge in [0.1, 0.15) is 6.10 Å². The lowest BCUT2D eigenvalue weighted by Crippen LogP contribution is -2.50. The Bertz CT molecular complexity index is 744. The van der Waals surface area contributed by atoms with Crippen molar-refractivity contribution in [2.45, 2.75) is 17.9 Å². The molecule has 2 atom stereocenters. The molecular weight excluding hydrogens is 344 g/mol. The van der Waals surface area contributed by atoms with E-state index in [9.17, 15) is 9.59 Å². The average molecular weight is 372 g/mol. The summed E-state index contributed by atoms with van der Waals surface area (Å²) in [5.41, 5.74) is 1.76. The molecule has 1 spiro atoms. The predicted molar refractivity (Wildman–Crippen MR) is 103 cm³/mol. The van der Waals surface area contributed by atoms with Crippen LogP contribution in [0.25, 0.3) is 0 Å². The van der Waals surface area contributed by atoms with Crippen molar-refractivity contribution in [2.24, 2.45) is 0 Å². The van der Waals surface area contributed by atoms with Gasteiger partial charge in [0, 0.05) is 57.9 Å². The summed E-state index contributed by atoms with van der Waals surface area (Å²) in [6.45, 7) is 4.35. The number of nitrogens with zero attached hydrogens (tertiary/aromatic N) is 4. The van der Waals surface area contributed by atoms with Gasteiger partial charge in [0.25, 0.3) is 5.91 Å². The number of rotatable bonds is 1. The molecule has 0 aliphatic carbocycles. The molecule has 0 saturated carbocycles. The van der Waals surface area contributed by atoms with Crippen LogP contribution in [0.3, 0.4) is 0 Å². The highest BCUT2D eigenvalue weighted by Gasteiger charge is 2.52. The second kappa shape index (κ2) is 6.80. The molecule has 3 aliphatic heterocycles. The van der Waals surface area contributed by atoms with Crippen molar-refractivity contribution >= 4 is 17.6 Å². The first-order valence-electron chi connectivity index (χ1n) is 9.58. The van der Waals surface area contributed by atoms with Crippen LogP contribution in [0, 0.1) is 0 Å².